The number of amides is 3. The van der Waals surface area contributed by atoms with Crippen molar-refractivity contribution in [1.29, 1.82) is 0 Å². The summed E-state index contributed by atoms with van der Waals surface area (Å²) >= 11 is 0. The summed E-state index contributed by atoms with van der Waals surface area (Å²) < 4.78 is 39.2. The number of aromatic nitrogens is 1. The molecule has 1 unspecified atom stereocenters. The number of alkyl halides is 3. The quantitative estimate of drug-likeness (QED) is 0.877. The van der Waals surface area contributed by atoms with Crippen LogP contribution in [-0.2, 0) is 11.0 Å². The monoisotopic (exact) mass is 365 g/mol. The van der Waals surface area contributed by atoms with Gasteiger partial charge in [-0.05, 0) is 42.7 Å². The lowest BCUT2D eigenvalue weighted by atomic mass is 9.87. The van der Waals surface area contributed by atoms with Gasteiger partial charge in [0.15, 0.2) is 0 Å². The average Bonchev–Trinajstić information content (AvgIpc) is 2.57. The summed E-state index contributed by atoms with van der Waals surface area (Å²) in [4.78, 5) is 28.2. The molecule has 0 saturated heterocycles. The summed E-state index contributed by atoms with van der Waals surface area (Å²) in [5.41, 5.74) is 0.938. The van der Waals surface area contributed by atoms with Crippen molar-refractivity contribution >= 4 is 11.9 Å². The van der Waals surface area contributed by atoms with Crippen LogP contribution in [0.25, 0.3) is 0 Å². The first-order valence-corrected chi connectivity index (χ1v) is 7.77. The van der Waals surface area contributed by atoms with E-state index in [0.717, 1.165) is 18.3 Å². The van der Waals surface area contributed by atoms with E-state index in [9.17, 15) is 22.8 Å². The van der Waals surface area contributed by atoms with Gasteiger partial charge in [-0.2, -0.15) is 13.2 Å². The van der Waals surface area contributed by atoms with E-state index in [1.165, 1.54) is 7.05 Å². The van der Waals surface area contributed by atoms with Gasteiger partial charge in [0.1, 0.15) is 5.92 Å². The minimum absolute atomic E-state index is 0.0846. The summed E-state index contributed by atoms with van der Waals surface area (Å²) in [5, 5.41) is 4.38. The van der Waals surface area contributed by atoms with Crippen LogP contribution in [0.2, 0.25) is 0 Å². The van der Waals surface area contributed by atoms with E-state index >= 15 is 0 Å². The van der Waals surface area contributed by atoms with E-state index in [0.29, 0.717) is 16.7 Å². The van der Waals surface area contributed by atoms with Crippen molar-refractivity contribution in [3.05, 3.63) is 64.5 Å². The lowest BCUT2D eigenvalue weighted by Crippen LogP contribution is -2.41. The van der Waals surface area contributed by atoms with Crippen LogP contribution in [0, 0.1) is 13.8 Å². The standard InChI is InChI=1S/C18H18F3N3O2/c1-10-5-4-6-11(2)14(10)15(16(25)24-17(26)22-3)13-9-12(7-8-23-13)18(19,20)21/h4-9,15H,1-3H3,(H2,22,24,25,26). The van der Waals surface area contributed by atoms with E-state index in [-0.39, 0.29) is 5.69 Å². The van der Waals surface area contributed by atoms with Crippen LogP contribution in [0.3, 0.4) is 0 Å². The number of carbonyl (C=O) groups is 2. The number of urea groups is 1. The highest BCUT2D eigenvalue weighted by Crippen LogP contribution is 2.34. The zero-order valence-electron chi connectivity index (χ0n) is 14.4. The minimum atomic E-state index is -4.57. The fourth-order valence-electron chi connectivity index (χ4n) is 2.73. The van der Waals surface area contributed by atoms with Crippen LogP contribution in [0.1, 0.15) is 33.9 Å². The molecule has 0 radical (unpaired) electrons. The zero-order chi connectivity index (χ0) is 19.5. The molecule has 8 heteroatoms. The normalized spacial score (nSPS) is 12.4. The molecule has 1 heterocycles. The highest BCUT2D eigenvalue weighted by Gasteiger charge is 2.34. The predicted molar refractivity (Wildman–Crippen MR) is 89.6 cm³/mol. The van der Waals surface area contributed by atoms with Gasteiger partial charge in [0, 0.05) is 13.2 Å². The Labute approximate surface area is 148 Å². The molecule has 0 bridgehead atoms. The Balaban J connectivity index is 2.62. The second-order valence-corrected chi connectivity index (χ2v) is 5.77. The van der Waals surface area contributed by atoms with Crippen molar-refractivity contribution in [2.45, 2.75) is 25.9 Å². The Morgan fingerprint density at radius 2 is 1.73 bits per heavy atom. The largest absolute Gasteiger partial charge is 0.416 e. The van der Waals surface area contributed by atoms with Gasteiger partial charge in [-0.3, -0.25) is 15.1 Å². The van der Waals surface area contributed by atoms with Crippen molar-refractivity contribution in [2.24, 2.45) is 0 Å². The fraction of sp³-hybridized carbons (Fsp3) is 0.278. The van der Waals surface area contributed by atoms with Gasteiger partial charge in [-0.25, -0.2) is 4.79 Å². The third-order valence-electron chi connectivity index (χ3n) is 3.96. The topological polar surface area (TPSA) is 71.1 Å². The number of rotatable bonds is 3. The number of benzene rings is 1. The van der Waals surface area contributed by atoms with Gasteiger partial charge in [0.2, 0.25) is 5.91 Å². The molecule has 2 aromatic rings. The first kappa shape index (κ1) is 19.4. The lowest BCUT2D eigenvalue weighted by molar-refractivity contribution is -0.137. The molecule has 1 atom stereocenters. The van der Waals surface area contributed by atoms with Gasteiger partial charge >= 0.3 is 12.2 Å². The summed E-state index contributed by atoms with van der Waals surface area (Å²) in [7, 11) is 1.33. The van der Waals surface area contributed by atoms with Crippen molar-refractivity contribution in [3.8, 4) is 0 Å². The van der Waals surface area contributed by atoms with Crippen molar-refractivity contribution in [3.63, 3.8) is 0 Å². The molecule has 138 valence electrons. The molecular weight excluding hydrogens is 347 g/mol. The molecule has 0 spiro atoms. The highest BCUT2D eigenvalue weighted by atomic mass is 19.4. The SMILES string of the molecule is CNC(=O)NC(=O)C(c1cc(C(F)(F)F)ccn1)c1c(C)cccc1C. The van der Waals surface area contributed by atoms with Crippen LogP contribution in [0.4, 0.5) is 18.0 Å². The van der Waals surface area contributed by atoms with Crippen molar-refractivity contribution in [2.75, 3.05) is 7.05 Å². The molecule has 1 aromatic carbocycles. The van der Waals surface area contributed by atoms with Gasteiger partial charge < -0.3 is 5.32 Å². The zero-order valence-corrected chi connectivity index (χ0v) is 14.4. The number of aryl methyl sites for hydroxylation is 2. The number of nitrogens with zero attached hydrogens (tertiary/aromatic N) is 1. The Bertz CT molecular complexity index is 814. The Kier molecular flexibility index (Phi) is 5.64. The second-order valence-electron chi connectivity index (χ2n) is 5.77. The summed E-state index contributed by atoms with van der Waals surface area (Å²) in [6.07, 6.45) is -3.56. The molecule has 3 amide bonds. The van der Waals surface area contributed by atoms with E-state index in [1.54, 1.807) is 32.0 Å². The number of pyridine rings is 1. The molecule has 26 heavy (non-hydrogen) atoms. The first-order valence-electron chi connectivity index (χ1n) is 7.77. The minimum Gasteiger partial charge on any atom is -0.341 e. The molecule has 0 aliphatic rings. The maximum absolute atomic E-state index is 13.1. The van der Waals surface area contributed by atoms with Crippen LogP contribution < -0.4 is 10.6 Å². The van der Waals surface area contributed by atoms with Crippen LogP contribution >= 0.6 is 0 Å². The summed E-state index contributed by atoms with van der Waals surface area (Å²) in [5.74, 6) is -1.91. The summed E-state index contributed by atoms with van der Waals surface area (Å²) in [6.45, 7) is 3.49. The Hall–Kier alpha value is -2.90. The number of carbonyl (C=O) groups excluding carboxylic acids is 2. The Morgan fingerprint density at radius 1 is 1.12 bits per heavy atom. The van der Waals surface area contributed by atoms with E-state index in [4.69, 9.17) is 0 Å². The molecule has 0 saturated carbocycles. The van der Waals surface area contributed by atoms with Gasteiger partial charge in [-0.15, -0.1) is 0 Å². The van der Waals surface area contributed by atoms with Gasteiger partial charge in [0.05, 0.1) is 11.3 Å². The maximum Gasteiger partial charge on any atom is 0.416 e. The van der Waals surface area contributed by atoms with Gasteiger partial charge in [0.25, 0.3) is 0 Å². The summed E-state index contributed by atoms with van der Waals surface area (Å²) in [6, 6.07) is 6.19. The van der Waals surface area contributed by atoms with Crippen LogP contribution in [0.5, 0.6) is 0 Å². The smallest absolute Gasteiger partial charge is 0.341 e. The molecular formula is C18H18F3N3O2. The third-order valence-corrected chi connectivity index (χ3v) is 3.96. The lowest BCUT2D eigenvalue weighted by Gasteiger charge is -2.21. The number of nitrogens with one attached hydrogen (secondary N) is 2. The highest BCUT2D eigenvalue weighted by molar-refractivity contribution is 5.99. The molecule has 0 fully saturated rings. The van der Waals surface area contributed by atoms with E-state index in [2.05, 4.69) is 15.6 Å². The van der Waals surface area contributed by atoms with E-state index < -0.39 is 29.6 Å². The third kappa shape index (κ3) is 4.19. The molecule has 2 rings (SSSR count). The van der Waals surface area contributed by atoms with Gasteiger partial charge in [-0.1, -0.05) is 18.2 Å². The molecule has 0 aliphatic carbocycles. The molecule has 5 nitrogen and oxygen atoms in total. The van der Waals surface area contributed by atoms with E-state index in [1.807, 2.05) is 0 Å². The molecule has 2 N–H and O–H groups in total. The number of halogens is 3. The van der Waals surface area contributed by atoms with Crippen LogP contribution in [0.15, 0.2) is 36.5 Å². The first-order chi connectivity index (χ1) is 12.1. The average molecular weight is 365 g/mol. The molecule has 0 aliphatic heterocycles. The second kappa shape index (κ2) is 7.55. The fourth-order valence-corrected chi connectivity index (χ4v) is 2.73. The van der Waals surface area contributed by atoms with Crippen LogP contribution in [-0.4, -0.2) is 24.0 Å². The predicted octanol–water partition coefficient (Wildman–Crippen LogP) is 3.30. The van der Waals surface area contributed by atoms with Crippen molar-refractivity contribution in [1.82, 2.24) is 15.6 Å². The van der Waals surface area contributed by atoms with Crippen molar-refractivity contribution < 1.29 is 22.8 Å². The molecule has 1 aromatic heterocycles. The Morgan fingerprint density at radius 3 is 2.27 bits per heavy atom. The number of hydrogen-bond donors (Lipinski definition) is 2. The number of hydrogen-bond acceptors (Lipinski definition) is 3. The number of imide groups is 1. The maximum atomic E-state index is 13.1.